The number of carbonyl (C=O) groups excluding carboxylic acids is 1. The van der Waals surface area contributed by atoms with E-state index in [0.717, 1.165) is 21.4 Å². The number of hydrogen-bond acceptors (Lipinski definition) is 4. The number of amides is 1. The molecule has 0 aliphatic rings. The van der Waals surface area contributed by atoms with Crippen LogP contribution in [0.25, 0.3) is 10.1 Å². The lowest BCUT2D eigenvalue weighted by Gasteiger charge is -2.07. The van der Waals surface area contributed by atoms with E-state index in [1.807, 2.05) is 44.2 Å². The van der Waals surface area contributed by atoms with E-state index in [4.69, 9.17) is 22.1 Å². The van der Waals surface area contributed by atoms with Gasteiger partial charge in [0.15, 0.2) is 0 Å². The number of hydrogen-bond donors (Lipinski definition) is 2. The van der Waals surface area contributed by atoms with Crippen molar-refractivity contribution in [1.82, 2.24) is 0 Å². The number of benzene rings is 2. The minimum atomic E-state index is -0.253. The lowest BCUT2D eigenvalue weighted by atomic mass is 10.2. The Morgan fingerprint density at radius 2 is 1.89 bits per heavy atom. The van der Waals surface area contributed by atoms with Crippen LogP contribution in [0.5, 0.6) is 5.75 Å². The fourth-order valence-electron chi connectivity index (χ4n) is 2.58. The Labute approximate surface area is 179 Å². The van der Waals surface area contributed by atoms with E-state index in [1.54, 1.807) is 19.2 Å². The third kappa shape index (κ3) is 4.76. The SMILES string of the molecule is COc1ccc2c(Cl)c(C(=O)Nc3ccc(C(N)=NC(C)C)cc3)sc2c1.Cl. The van der Waals surface area contributed by atoms with Gasteiger partial charge in [-0.25, -0.2) is 0 Å². The minimum absolute atomic E-state index is 0. The van der Waals surface area contributed by atoms with Crippen LogP contribution in [0.3, 0.4) is 0 Å². The van der Waals surface area contributed by atoms with E-state index in [0.29, 0.717) is 21.4 Å². The van der Waals surface area contributed by atoms with E-state index in [1.165, 1.54) is 11.3 Å². The number of halogens is 2. The summed E-state index contributed by atoms with van der Waals surface area (Å²) in [6.07, 6.45) is 0. The molecule has 148 valence electrons. The Morgan fingerprint density at radius 3 is 2.50 bits per heavy atom. The second kappa shape index (κ2) is 9.28. The first kappa shape index (κ1) is 22.0. The highest BCUT2D eigenvalue weighted by molar-refractivity contribution is 7.21. The molecule has 1 aromatic heterocycles. The molecule has 0 atom stereocenters. The number of amidine groups is 1. The summed E-state index contributed by atoms with van der Waals surface area (Å²) in [5.74, 6) is 0.949. The van der Waals surface area contributed by atoms with Gasteiger partial charge in [0.05, 0.1) is 12.1 Å². The number of nitrogens with zero attached hydrogens (tertiary/aromatic N) is 1. The normalized spacial score (nSPS) is 11.4. The van der Waals surface area contributed by atoms with Gasteiger partial charge in [0, 0.05) is 27.4 Å². The van der Waals surface area contributed by atoms with Gasteiger partial charge in [-0.1, -0.05) is 11.6 Å². The number of ether oxygens (including phenoxy) is 1. The Balaban J connectivity index is 0.00000280. The molecule has 3 rings (SSSR count). The zero-order valence-corrected chi connectivity index (χ0v) is 18.0. The van der Waals surface area contributed by atoms with Crippen molar-refractivity contribution in [2.24, 2.45) is 10.7 Å². The Hall–Kier alpha value is -2.28. The van der Waals surface area contributed by atoms with Gasteiger partial charge in [-0.2, -0.15) is 0 Å². The highest BCUT2D eigenvalue weighted by atomic mass is 35.5. The molecule has 1 amide bonds. The minimum Gasteiger partial charge on any atom is -0.497 e. The van der Waals surface area contributed by atoms with E-state index in [9.17, 15) is 4.79 Å². The van der Waals surface area contributed by atoms with Crippen LogP contribution in [0, 0.1) is 0 Å². The molecular formula is C20H21Cl2N3O2S. The molecule has 0 fully saturated rings. The van der Waals surface area contributed by atoms with Crippen LogP contribution in [-0.4, -0.2) is 24.9 Å². The first-order valence-electron chi connectivity index (χ1n) is 8.40. The topological polar surface area (TPSA) is 76.7 Å². The maximum Gasteiger partial charge on any atom is 0.267 e. The summed E-state index contributed by atoms with van der Waals surface area (Å²) in [7, 11) is 1.60. The van der Waals surface area contributed by atoms with Crippen molar-refractivity contribution in [2.75, 3.05) is 12.4 Å². The average Bonchev–Trinajstić information content (AvgIpc) is 2.98. The van der Waals surface area contributed by atoms with Gasteiger partial charge in [-0.3, -0.25) is 9.79 Å². The molecule has 8 heteroatoms. The van der Waals surface area contributed by atoms with Gasteiger partial charge >= 0.3 is 0 Å². The Kier molecular flexibility index (Phi) is 7.29. The molecule has 3 aromatic rings. The van der Waals surface area contributed by atoms with Crippen molar-refractivity contribution in [3.05, 3.63) is 57.9 Å². The predicted octanol–water partition coefficient (Wildman–Crippen LogP) is 5.35. The van der Waals surface area contributed by atoms with Crippen LogP contribution < -0.4 is 15.8 Å². The maximum absolute atomic E-state index is 12.7. The van der Waals surface area contributed by atoms with Crippen molar-refractivity contribution in [2.45, 2.75) is 19.9 Å². The zero-order valence-electron chi connectivity index (χ0n) is 15.7. The number of anilines is 1. The molecule has 0 aliphatic heterocycles. The maximum atomic E-state index is 12.7. The molecule has 28 heavy (non-hydrogen) atoms. The number of nitrogens with one attached hydrogen (secondary N) is 1. The summed E-state index contributed by atoms with van der Waals surface area (Å²) < 4.78 is 6.13. The Bertz CT molecular complexity index is 1010. The number of carbonyl (C=O) groups is 1. The molecule has 3 N–H and O–H groups in total. The van der Waals surface area contributed by atoms with Crippen LogP contribution in [0.1, 0.15) is 29.1 Å². The lowest BCUT2D eigenvalue weighted by molar-refractivity contribution is 0.103. The zero-order chi connectivity index (χ0) is 19.6. The van der Waals surface area contributed by atoms with Crippen LogP contribution in [-0.2, 0) is 0 Å². The smallest absolute Gasteiger partial charge is 0.267 e. The lowest BCUT2D eigenvalue weighted by Crippen LogP contribution is -2.16. The van der Waals surface area contributed by atoms with Crippen molar-refractivity contribution in [3.8, 4) is 5.75 Å². The van der Waals surface area contributed by atoms with E-state index in [-0.39, 0.29) is 24.4 Å². The first-order chi connectivity index (χ1) is 12.9. The van der Waals surface area contributed by atoms with E-state index in [2.05, 4.69) is 10.3 Å². The van der Waals surface area contributed by atoms with Gasteiger partial charge in [-0.05, 0) is 56.3 Å². The van der Waals surface area contributed by atoms with Gasteiger partial charge in [0.2, 0.25) is 0 Å². The summed E-state index contributed by atoms with van der Waals surface area (Å²) in [6, 6.07) is 12.9. The predicted molar refractivity (Wildman–Crippen MR) is 121 cm³/mol. The molecule has 0 saturated heterocycles. The number of aliphatic imine (C=N–C) groups is 1. The van der Waals surface area contributed by atoms with Crippen molar-refractivity contribution in [3.63, 3.8) is 0 Å². The van der Waals surface area contributed by atoms with E-state index < -0.39 is 0 Å². The van der Waals surface area contributed by atoms with Crippen molar-refractivity contribution in [1.29, 1.82) is 0 Å². The number of thiophene rings is 1. The summed E-state index contributed by atoms with van der Waals surface area (Å²) in [4.78, 5) is 17.4. The first-order valence-corrected chi connectivity index (χ1v) is 9.59. The summed E-state index contributed by atoms with van der Waals surface area (Å²) in [5.41, 5.74) is 7.43. The number of rotatable bonds is 5. The molecular weight excluding hydrogens is 417 g/mol. The third-order valence-electron chi connectivity index (χ3n) is 3.88. The summed E-state index contributed by atoms with van der Waals surface area (Å²) in [6.45, 7) is 3.93. The van der Waals surface area contributed by atoms with Crippen molar-refractivity contribution >= 4 is 62.9 Å². The average molecular weight is 438 g/mol. The fourth-order valence-corrected chi connectivity index (χ4v) is 4.02. The molecule has 0 spiro atoms. The van der Waals surface area contributed by atoms with E-state index >= 15 is 0 Å². The largest absolute Gasteiger partial charge is 0.497 e. The van der Waals surface area contributed by atoms with Crippen LogP contribution in [0.4, 0.5) is 5.69 Å². The molecule has 0 aliphatic carbocycles. The molecule has 0 radical (unpaired) electrons. The second-order valence-corrected chi connectivity index (χ2v) is 7.68. The molecule has 1 heterocycles. The van der Waals surface area contributed by atoms with Crippen LogP contribution in [0.15, 0.2) is 47.5 Å². The number of nitrogens with two attached hydrogens (primary N) is 1. The molecule has 0 bridgehead atoms. The molecule has 5 nitrogen and oxygen atoms in total. The van der Waals surface area contributed by atoms with Crippen molar-refractivity contribution < 1.29 is 9.53 Å². The van der Waals surface area contributed by atoms with Gasteiger partial charge in [-0.15, -0.1) is 23.7 Å². The number of methoxy groups -OCH3 is 1. The molecule has 2 aromatic carbocycles. The standard InChI is InChI=1S/C20H20ClN3O2S.ClH/c1-11(2)23-19(22)12-4-6-13(7-5-12)24-20(25)18-17(21)15-9-8-14(26-3)10-16(15)27-18;/h4-11H,1-3H3,(H2,22,23)(H,24,25);1H. The fraction of sp³-hybridized carbons (Fsp3) is 0.200. The van der Waals surface area contributed by atoms with Gasteiger partial charge in [0.1, 0.15) is 16.5 Å². The van der Waals surface area contributed by atoms with Gasteiger partial charge < -0.3 is 15.8 Å². The summed E-state index contributed by atoms with van der Waals surface area (Å²) in [5, 5.41) is 4.15. The molecule has 0 saturated carbocycles. The highest BCUT2D eigenvalue weighted by Crippen LogP contribution is 2.37. The monoisotopic (exact) mass is 437 g/mol. The van der Waals surface area contributed by atoms with Crippen LogP contribution in [0.2, 0.25) is 5.02 Å². The number of fused-ring (bicyclic) bond motifs is 1. The quantitative estimate of drug-likeness (QED) is 0.416. The highest BCUT2D eigenvalue weighted by Gasteiger charge is 2.18. The molecule has 0 unspecified atom stereocenters. The van der Waals surface area contributed by atoms with Gasteiger partial charge in [0.25, 0.3) is 5.91 Å². The Morgan fingerprint density at radius 1 is 1.21 bits per heavy atom. The third-order valence-corrected chi connectivity index (χ3v) is 5.53. The van der Waals surface area contributed by atoms with Crippen LogP contribution >= 0.6 is 35.3 Å². The summed E-state index contributed by atoms with van der Waals surface area (Å²) >= 11 is 7.74. The second-order valence-electron chi connectivity index (χ2n) is 6.25.